The minimum Gasteiger partial charge on any atom is -0.309 e. The summed E-state index contributed by atoms with van der Waals surface area (Å²) in [5.41, 5.74) is 6.94. The number of rotatable bonds is 2. The highest BCUT2D eigenvalue weighted by molar-refractivity contribution is 6.10. The fourth-order valence-electron chi connectivity index (χ4n) is 3.95. The predicted octanol–water partition coefficient (Wildman–Crippen LogP) is 7.19. The molecule has 0 saturated carbocycles. The van der Waals surface area contributed by atoms with Crippen LogP contribution in [0.25, 0.3) is 27.5 Å². The van der Waals surface area contributed by atoms with Crippen LogP contribution in [0.4, 0.5) is 0 Å². The van der Waals surface area contributed by atoms with Gasteiger partial charge in [-0.1, -0.05) is 65.8 Å². The first-order valence-corrected chi connectivity index (χ1v) is 10.2. The average Bonchev–Trinajstić information content (AvgIpc) is 3.00. The fourth-order valence-corrected chi connectivity index (χ4v) is 3.95. The van der Waals surface area contributed by atoms with E-state index in [-0.39, 0.29) is 10.8 Å². The van der Waals surface area contributed by atoms with Crippen LogP contribution in [-0.4, -0.2) is 10.9 Å². The summed E-state index contributed by atoms with van der Waals surface area (Å²) in [6, 6.07) is 21.4. The van der Waals surface area contributed by atoms with Gasteiger partial charge in [0.2, 0.25) is 0 Å². The van der Waals surface area contributed by atoms with Crippen molar-refractivity contribution >= 4 is 28.1 Å². The molecule has 1 heterocycles. The van der Waals surface area contributed by atoms with E-state index in [0.29, 0.717) is 5.56 Å². The quantitative estimate of drug-likeness (QED) is 0.336. The number of benzene rings is 3. The molecule has 148 valence electrons. The third kappa shape index (κ3) is 3.37. The third-order valence-corrected chi connectivity index (χ3v) is 5.74. The SMILES string of the molecule is CC(C)(C)c1cc(-n2c3ccccc3c3cc(C=O)ccc32)cc(C(C)(C)C)c1. The van der Waals surface area contributed by atoms with E-state index in [0.717, 1.165) is 22.7 Å². The monoisotopic (exact) mass is 383 g/mol. The highest BCUT2D eigenvalue weighted by atomic mass is 16.1. The van der Waals surface area contributed by atoms with Crippen LogP contribution in [0.2, 0.25) is 0 Å². The molecule has 3 aromatic carbocycles. The van der Waals surface area contributed by atoms with Gasteiger partial charge < -0.3 is 4.57 Å². The molecule has 0 radical (unpaired) electrons. The Balaban J connectivity index is 2.12. The molecule has 0 amide bonds. The van der Waals surface area contributed by atoms with E-state index in [2.05, 4.69) is 94.6 Å². The highest BCUT2D eigenvalue weighted by Crippen LogP contribution is 2.36. The zero-order valence-corrected chi connectivity index (χ0v) is 18.2. The van der Waals surface area contributed by atoms with Crippen molar-refractivity contribution < 1.29 is 4.79 Å². The summed E-state index contributed by atoms with van der Waals surface area (Å²) >= 11 is 0. The second-order valence-corrected chi connectivity index (χ2v) is 10.0. The first-order chi connectivity index (χ1) is 13.6. The molecular weight excluding hydrogens is 354 g/mol. The maximum atomic E-state index is 11.4. The molecule has 29 heavy (non-hydrogen) atoms. The molecule has 0 spiro atoms. The molecule has 1 aromatic heterocycles. The molecule has 0 saturated heterocycles. The Bertz CT molecular complexity index is 1200. The van der Waals surface area contributed by atoms with Crippen molar-refractivity contribution in [1.29, 1.82) is 0 Å². The molecule has 2 heteroatoms. The zero-order valence-electron chi connectivity index (χ0n) is 18.2. The Labute approximate surface area is 173 Å². The zero-order chi connectivity index (χ0) is 21.0. The molecule has 0 fully saturated rings. The molecule has 0 aliphatic carbocycles. The molecule has 0 aliphatic heterocycles. The van der Waals surface area contributed by atoms with Crippen LogP contribution in [0, 0.1) is 0 Å². The molecule has 2 nitrogen and oxygen atoms in total. The summed E-state index contributed by atoms with van der Waals surface area (Å²) in [5, 5.41) is 2.29. The number of hydrogen-bond donors (Lipinski definition) is 0. The van der Waals surface area contributed by atoms with Gasteiger partial charge in [0.05, 0.1) is 11.0 Å². The topological polar surface area (TPSA) is 22.0 Å². The number of carbonyl (C=O) groups excluding carboxylic acids is 1. The normalized spacial score (nSPS) is 12.6. The maximum absolute atomic E-state index is 11.4. The summed E-state index contributed by atoms with van der Waals surface area (Å²) in [6.45, 7) is 13.6. The summed E-state index contributed by atoms with van der Waals surface area (Å²) in [4.78, 5) is 11.4. The first-order valence-electron chi connectivity index (χ1n) is 10.2. The van der Waals surface area contributed by atoms with Crippen LogP contribution in [0.3, 0.4) is 0 Å². The van der Waals surface area contributed by atoms with Gasteiger partial charge in [0.15, 0.2) is 0 Å². The third-order valence-electron chi connectivity index (χ3n) is 5.74. The number of fused-ring (bicyclic) bond motifs is 3. The van der Waals surface area contributed by atoms with E-state index >= 15 is 0 Å². The largest absolute Gasteiger partial charge is 0.309 e. The lowest BCUT2D eigenvalue weighted by atomic mass is 9.80. The van der Waals surface area contributed by atoms with Gasteiger partial charge in [-0.3, -0.25) is 4.79 Å². The summed E-state index contributed by atoms with van der Waals surface area (Å²) in [6.07, 6.45) is 0.920. The van der Waals surface area contributed by atoms with Crippen molar-refractivity contribution in [3.8, 4) is 5.69 Å². The molecule has 0 unspecified atom stereocenters. The average molecular weight is 384 g/mol. The number of nitrogens with zero attached hydrogens (tertiary/aromatic N) is 1. The van der Waals surface area contributed by atoms with Gasteiger partial charge >= 0.3 is 0 Å². The molecule has 0 atom stereocenters. The van der Waals surface area contributed by atoms with Gasteiger partial charge in [0, 0.05) is 22.0 Å². The molecule has 4 aromatic rings. The van der Waals surface area contributed by atoms with Crippen molar-refractivity contribution in [2.24, 2.45) is 0 Å². The lowest BCUT2D eigenvalue weighted by Crippen LogP contribution is -2.17. The minimum atomic E-state index is 0.0550. The van der Waals surface area contributed by atoms with Crippen molar-refractivity contribution in [2.75, 3.05) is 0 Å². The number of para-hydroxylation sites is 1. The van der Waals surface area contributed by atoms with Crippen molar-refractivity contribution in [3.05, 3.63) is 77.4 Å². The van der Waals surface area contributed by atoms with Crippen LogP contribution >= 0.6 is 0 Å². The second-order valence-electron chi connectivity index (χ2n) is 10.0. The number of aromatic nitrogens is 1. The minimum absolute atomic E-state index is 0.0550. The van der Waals surface area contributed by atoms with E-state index in [9.17, 15) is 4.79 Å². The van der Waals surface area contributed by atoms with Crippen molar-refractivity contribution in [2.45, 2.75) is 52.4 Å². The number of aldehydes is 1. The van der Waals surface area contributed by atoms with Gasteiger partial charge in [-0.05, 0) is 58.4 Å². The smallest absolute Gasteiger partial charge is 0.150 e. The summed E-state index contributed by atoms with van der Waals surface area (Å²) in [7, 11) is 0. The molecule has 4 rings (SSSR count). The summed E-state index contributed by atoms with van der Waals surface area (Å²) < 4.78 is 2.34. The van der Waals surface area contributed by atoms with Crippen LogP contribution in [0.5, 0.6) is 0 Å². The van der Waals surface area contributed by atoms with E-state index in [1.807, 2.05) is 12.1 Å². The van der Waals surface area contributed by atoms with Gasteiger partial charge in [-0.15, -0.1) is 0 Å². The molecule has 0 N–H and O–H groups in total. The van der Waals surface area contributed by atoms with Crippen molar-refractivity contribution in [3.63, 3.8) is 0 Å². The van der Waals surface area contributed by atoms with Crippen LogP contribution in [0.1, 0.15) is 63.0 Å². The highest BCUT2D eigenvalue weighted by Gasteiger charge is 2.22. The molecular formula is C27H29NO. The Kier molecular flexibility index (Phi) is 4.42. The molecule has 0 bridgehead atoms. The van der Waals surface area contributed by atoms with Crippen molar-refractivity contribution in [1.82, 2.24) is 4.57 Å². The lowest BCUT2D eigenvalue weighted by Gasteiger charge is -2.26. The van der Waals surface area contributed by atoms with Crippen LogP contribution < -0.4 is 0 Å². The van der Waals surface area contributed by atoms with E-state index in [1.165, 1.54) is 22.2 Å². The van der Waals surface area contributed by atoms with E-state index in [4.69, 9.17) is 0 Å². The summed E-state index contributed by atoms with van der Waals surface area (Å²) in [5.74, 6) is 0. The van der Waals surface area contributed by atoms with E-state index in [1.54, 1.807) is 0 Å². The Morgan fingerprint density at radius 3 is 1.86 bits per heavy atom. The second kappa shape index (κ2) is 6.59. The Morgan fingerprint density at radius 1 is 0.690 bits per heavy atom. The van der Waals surface area contributed by atoms with Gasteiger partial charge in [0.1, 0.15) is 6.29 Å². The fraction of sp³-hybridized carbons (Fsp3) is 0.296. The standard InChI is InChI=1S/C27H29NO/c1-26(2,3)19-14-20(27(4,5)6)16-21(15-19)28-24-10-8-7-9-22(24)23-13-18(17-29)11-12-25(23)28/h7-17H,1-6H3. The van der Waals surface area contributed by atoms with Crippen LogP contribution in [0.15, 0.2) is 60.7 Å². The Hall–Kier alpha value is -2.87. The predicted molar refractivity (Wildman–Crippen MR) is 124 cm³/mol. The van der Waals surface area contributed by atoms with Gasteiger partial charge in [-0.2, -0.15) is 0 Å². The molecule has 0 aliphatic rings. The number of hydrogen-bond acceptors (Lipinski definition) is 1. The van der Waals surface area contributed by atoms with Crippen LogP contribution in [-0.2, 0) is 10.8 Å². The first kappa shape index (κ1) is 19.4. The Morgan fingerprint density at radius 2 is 1.28 bits per heavy atom. The lowest BCUT2D eigenvalue weighted by molar-refractivity contribution is 0.112. The maximum Gasteiger partial charge on any atom is 0.150 e. The van der Waals surface area contributed by atoms with E-state index < -0.39 is 0 Å². The van der Waals surface area contributed by atoms with Gasteiger partial charge in [-0.25, -0.2) is 0 Å². The van der Waals surface area contributed by atoms with Gasteiger partial charge in [0.25, 0.3) is 0 Å². The number of carbonyl (C=O) groups is 1.